The van der Waals surface area contributed by atoms with E-state index in [4.69, 9.17) is 4.74 Å². The second-order valence-electron chi connectivity index (χ2n) is 7.04. The number of esters is 1. The van der Waals surface area contributed by atoms with Crippen LogP contribution in [-0.2, 0) is 24.3 Å². The summed E-state index contributed by atoms with van der Waals surface area (Å²) in [6.45, 7) is 6.44. The average Bonchev–Trinajstić information content (AvgIpc) is 2.57. The minimum atomic E-state index is -3.79. The molecule has 0 radical (unpaired) electrons. The topological polar surface area (TPSA) is 92.8 Å². The summed E-state index contributed by atoms with van der Waals surface area (Å²) in [6.07, 6.45) is 1.07. The van der Waals surface area contributed by atoms with Crippen molar-refractivity contribution in [3.05, 3.63) is 29.8 Å². The number of rotatable bonds is 6. The fraction of sp³-hybridized carbons (Fsp3) is 0.556. The van der Waals surface area contributed by atoms with Crippen molar-refractivity contribution in [1.29, 1.82) is 0 Å². The van der Waals surface area contributed by atoms with Gasteiger partial charge < -0.3 is 9.64 Å². The molecule has 7 nitrogen and oxygen atoms in total. The van der Waals surface area contributed by atoms with Crippen LogP contribution >= 0.6 is 0 Å². The third-order valence-electron chi connectivity index (χ3n) is 4.32. The molecule has 1 heterocycles. The van der Waals surface area contributed by atoms with Crippen LogP contribution in [-0.4, -0.2) is 51.4 Å². The second-order valence-corrected chi connectivity index (χ2v) is 8.81. The Kier molecular flexibility index (Phi) is 6.77. The Morgan fingerprint density at radius 3 is 2.31 bits per heavy atom. The van der Waals surface area contributed by atoms with E-state index in [0.29, 0.717) is 24.9 Å². The minimum absolute atomic E-state index is 0.0725. The summed E-state index contributed by atoms with van der Waals surface area (Å²) < 4.78 is 31.3. The van der Waals surface area contributed by atoms with Crippen LogP contribution in [0.3, 0.4) is 0 Å². The molecule has 1 aliphatic rings. The normalized spacial score (nSPS) is 20.7. The quantitative estimate of drug-likeness (QED) is 0.749. The number of ether oxygens (including phenoxy) is 1. The van der Waals surface area contributed by atoms with Crippen molar-refractivity contribution in [2.24, 2.45) is 11.8 Å². The highest BCUT2D eigenvalue weighted by molar-refractivity contribution is 7.89. The summed E-state index contributed by atoms with van der Waals surface area (Å²) in [7, 11) is -3.79. The Balaban J connectivity index is 1.79. The zero-order valence-corrected chi connectivity index (χ0v) is 16.2. The fourth-order valence-electron chi connectivity index (χ4n) is 3.11. The highest BCUT2D eigenvalue weighted by Gasteiger charge is 2.26. The molecule has 1 aromatic carbocycles. The van der Waals surface area contributed by atoms with Gasteiger partial charge in [-0.15, -0.1) is 0 Å². The highest BCUT2D eigenvalue weighted by atomic mass is 32.2. The SMILES string of the molecule is Cc1ccc(S(=O)(=O)NCC(=O)OCC(=O)N2C[C@H](C)C[C@H](C)C2)cc1. The molecule has 144 valence electrons. The number of amides is 1. The standard InChI is InChI=1S/C18H26N2O5S/c1-13-4-6-16(7-5-13)26(23,24)19-9-18(22)25-12-17(21)20-10-14(2)8-15(3)11-20/h4-7,14-15,19H,8-12H2,1-3H3/t14-,15+. The van der Waals surface area contributed by atoms with E-state index in [0.717, 1.165) is 12.0 Å². The summed E-state index contributed by atoms with van der Waals surface area (Å²) in [5.74, 6) is -0.204. The maximum atomic E-state index is 12.2. The van der Waals surface area contributed by atoms with Gasteiger partial charge >= 0.3 is 5.97 Å². The molecule has 1 aromatic rings. The van der Waals surface area contributed by atoms with Gasteiger partial charge in [0.25, 0.3) is 5.91 Å². The minimum Gasteiger partial charge on any atom is -0.455 e. The van der Waals surface area contributed by atoms with Crippen LogP contribution < -0.4 is 4.72 Å². The molecule has 0 saturated carbocycles. The smallest absolute Gasteiger partial charge is 0.321 e. The van der Waals surface area contributed by atoms with Gasteiger partial charge in [-0.2, -0.15) is 4.72 Å². The molecule has 26 heavy (non-hydrogen) atoms. The van der Waals surface area contributed by atoms with Gasteiger partial charge in [0.05, 0.1) is 4.90 Å². The predicted octanol–water partition coefficient (Wildman–Crippen LogP) is 1.32. The summed E-state index contributed by atoms with van der Waals surface area (Å²) in [5, 5.41) is 0. The Labute approximate surface area is 154 Å². The second kappa shape index (κ2) is 8.64. The zero-order valence-electron chi connectivity index (χ0n) is 15.4. The Morgan fingerprint density at radius 1 is 1.15 bits per heavy atom. The van der Waals surface area contributed by atoms with Gasteiger partial charge in [0.2, 0.25) is 10.0 Å². The van der Waals surface area contributed by atoms with Crippen molar-refractivity contribution >= 4 is 21.9 Å². The molecule has 0 spiro atoms. The molecule has 1 N–H and O–H groups in total. The molecule has 8 heteroatoms. The third kappa shape index (κ3) is 5.81. The van der Waals surface area contributed by atoms with Gasteiger partial charge in [0.15, 0.2) is 6.61 Å². The first-order valence-electron chi connectivity index (χ1n) is 8.67. The fourth-order valence-corrected chi connectivity index (χ4v) is 4.07. The van der Waals surface area contributed by atoms with Crippen LogP contribution in [0.4, 0.5) is 0 Å². The van der Waals surface area contributed by atoms with E-state index in [2.05, 4.69) is 18.6 Å². The monoisotopic (exact) mass is 382 g/mol. The van der Waals surface area contributed by atoms with Crippen LogP contribution in [0.25, 0.3) is 0 Å². The first kappa shape index (κ1) is 20.4. The highest BCUT2D eigenvalue weighted by Crippen LogP contribution is 2.20. The van der Waals surface area contributed by atoms with Crippen molar-refractivity contribution in [3.63, 3.8) is 0 Å². The van der Waals surface area contributed by atoms with Crippen molar-refractivity contribution < 1.29 is 22.7 Å². The first-order valence-corrected chi connectivity index (χ1v) is 10.2. The Bertz CT molecular complexity index is 735. The maximum Gasteiger partial charge on any atom is 0.321 e. The summed E-state index contributed by atoms with van der Waals surface area (Å²) in [6, 6.07) is 6.27. The van der Waals surface area contributed by atoms with Crippen molar-refractivity contribution in [3.8, 4) is 0 Å². The predicted molar refractivity (Wildman–Crippen MR) is 96.9 cm³/mol. The number of hydrogen-bond donors (Lipinski definition) is 1. The van der Waals surface area contributed by atoms with Crippen molar-refractivity contribution in [1.82, 2.24) is 9.62 Å². The number of aryl methyl sites for hydroxylation is 1. The van der Waals surface area contributed by atoms with E-state index in [1.54, 1.807) is 17.0 Å². The molecule has 1 fully saturated rings. The number of nitrogens with one attached hydrogen (secondary N) is 1. The number of piperidine rings is 1. The van der Waals surface area contributed by atoms with Crippen molar-refractivity contribution in [2.45, 2.75) is 32.1 Å². The molecular formula is C18H26N2O5S. The van der Waals surface area contributed by atoms with Crippen LogP contribution in [0.5, 0.6) is 0 Å². The summed E-state index contributed by atoms with van der Waals surface area (Å²) >= 11 is 0. The lowest BCUT2D eigenvalue weighted by Gasteiger charge is -2.34. The molecule has 2 atom stereocenters. The lowest BCUT2D eigenvalue weighted by atomic mass is 9.92. The van der Waals surface area contributed by atoms with Crippen molar-refractivity contribution in [2.75, 3.05) is 26.2 Å². The molecule has 2 rings (SSSR count). The van der Waals surface area contributed by atoms with E-state index in [9.17, 15) is 18.0 Å². The van der Waals surface area contributed by atoms with E-state index in [1.165, 1.54) is 12.1 Å². The maximum absolute atomic E-state index is 12.2. The number of likely N-dealkylation sites (tertiary alicyclic amines) is 1. The van der Waals surface area contributed by atoms with E-state index in [-0.39, 0.29) is 17.4 Å². The van der Waals surface area contributed by atoms with Gasteiger partial charge in [0, 0.05) is 13.1 Å². The molecular weight excluding hydrogens is 356 g/mol. The van der Waals surface area contributed by atoms with Gasteiger partial charge in [-0.3, -0.25) is 9.59 Å². The largest absolute Gasteiger partial charge is 0.455 e. The molecule has 0 bridgehead atoms. The molecule has 1 saturated heterocycles. The lowest BCUT2D eigenvalue weighted by Crippen LogP contribution is -2.44. The van der Waals surface area contributed by atoms with E-state index < -0.39 is 22.5 Å². The number of hydrogen-bond acceptors (Lipinski definition) is 5. The van der Waals surface area contributed by atoms with E-state index in [1.807, 2.05) is 6.92 Å². The van der Waals surface area contributed by atoms with E-state index >= 15 is 0 Å². The average molecular weight is 382 g/mol. The molecule has 0 unspecified atom stereocenters. The number of nitrogens with zero attached hydrogens (tertiary/aromatic N) is 1. The number of sulfonamides is 1. The third-order valence-corrected chi connectivity index (χ3v) is 5.73. The van der Waals surface area contributed by atoms with Gasteiger partial charge in [-0.1, -0.05) is 31.5 Å². The van der Waals surface area contributed by atoms with Gasteiger partial charge in [-0.25, -0.2) is 8.42 Å². The molecule has 0 aromatic heterocycles. The zero-order chi connectivity index (χ0) is 19.3. The number of carbonyl (C=O) groups excluding carboxylic acids is 2. The van der Waals surface area contributed by atoms with Crippen LogP contribution in [0, 0.1) is 18.8 Å². The lowest BCUT2D eigenvalue weighted by molar-refractivity contribution is -0.152. The first-order chi connectivity index (χ1) is 12.2. The Morgan fingerprint density at radius 2 is 1.73 bits per heavy atom. The van der Waals surface area contributed by atoms with Crippen LogP contribution in [0.1, 0.15) is 25.8 Å². The molecule has 1 amide bonds. The van der Waals surface area contributed by atoms with Crippen LogP contribution in [0.15, 0.2) is 29.2 Å². The summed E-state index contributed by atoms with van der Waals surface area (Å²) in [4.78, 5) is 25.7. The van der Waals surface area contributed by atoms with Crippen LogP contribution in [0.2, 0.25) is 0 Å². The van der Waals surface area contributed by atoms with Gasteiger partial charge in [-0.05, 0) is 37.3 Å². The number of carbonyl (C=O) groups is 2. The summed E-state index contributed by atoms with van der Waals surface area (Å²) in [5.41, 5.74) is 0.934. The van der Waals surface area contributed by atoms with Gasteiger partial charge in [0.1, 0.15) is 6.54 Å². The molecule has 1 aliphatic heterocycles. The number of benzene rings is 1. The molecule has 0 aliphatic carbocycles. The Hall–Kier alpha value is -1.93.